The van der Waals surface area contributed by atoms with Crippen molar-refractivity contribution in [3.63, 3.8) is 0 Å². The number of aliphatic hydroxyl groups is 1. The summed E-state index contributed by atoms with van der Waals surface area (Å²) in [6, 6.07) is 6.57. The second kappa shape index (κ2) is 6.09. The molecule has 4 N–H and O–H groups in total. The van der Waals surface area contributed by atoms with E-state index in [0.29, 0.717) is 11.3 Å². The zero-order valence-corrected chi connectivity index (χ0v) is 9.14. The molecule has 5 heteroatoms. The molecule has 1 aromatic rings. The predicted octanol–water partition coefficient (Wildman–Crippen LogP) is 0.00590. The van der Waals surface area contributed by atoms with Gasteiger partial charge < -0.3 is 20.9 Å². The number of rotatable bonds is 5. The topological polar surface area (TPSA) is 84.6 Å². The van der Waals surface area contributed by atoms with Crippen molar-refractivity contribution < 1.29 is 14.6 Å². The summed E-state index contributed by atoms with van der Waals surface area (Å²) in [6.45, 7) is 0.360. The highest BCUT2D eigenvalue weighted by Gasteiger charge is 2.08. The third kappa shape index (κ3) is 3.88. The lowest BCUT2D eigenvalue weighted by Crippen LogP contribution is -2.34. The highest BCUT2D eigenvalue weighted by atomic mass is 16.5. The largest absolute Gasteiger partial charge is 0.399 e. The Hall–Kier alpha value is -1.59. The molecule has 0 radical (unpaired) electrons. The van der Waals surface area contributed by atoms with Crippen molar-refractivity contribution in [3.05, 3.63) is 29.8 Å². The van der Waals surface area contributed by atoms with E-state index in [9.17, 15) is 9.90 Å². The molecule has 88 valence electrons. The van der Waals surface area contributed by atoms with Crippen molar-refractivity contribution in [2.75, 3.05) is 26.0 Å². The Balaban J connectivity index is 2.43. The summed E-state index contributed by atoms with van der Waals surface area (Å²) in [6.07, 6.45) is -0.692. The summed E-state index contributed by atoms with van der Waals surface area (Å²) in [4.78, 5) is 11.6. The molecule has 1 amide bonds. The van der Waals surface area contributed by atoms with Crippen LogP contribution in [0, 0.1) is 0 Å². The van der Waals surface area contributed by atoms with Gasteiger partial charge in [-0.3, -0.25) is 4.79 Å². The van der Waals surface area contributed by atoms with Gasteiger partial charge in [-0.25, -0.2) is 0 Å². The molecule has 1 unspecified atom stereocenters. The average Bonchev–Trinajstić information content (AvgIpc) is 2.27. The maximum Gasteiger partial charge on any atom is 0.251 e. The monoisotopic (exact) mass is 224 g/mol. The van der Waals surface area contributed by atoms with E-state index >= 15 is 0 Å². The van der Waals surface area contributed by atoms with Crippen molar-refractivity contribution in [1.82, 2.24) is 5.32 Å². The van der Waals surface area contributed by atoms with Crippen LogP contribution in [0.3, 0.4) is 0 Å². The number of nitrogens with two attached hydrogens (primary N) is 1. The van der Waals surface area contributed by atoms with E-state index in [1.807, 2.05) is 0 Å². The summed E-state index contributed by atoms with van der Waals surface area (Å²) >= 11 is 0. The lowest BCUT2D eigenvalue weighted by molar-refractivity contribution is 0.0610. The van der Waals surface area contributed by atoms with Crippen LogP contribution in [0.1, 0.15) is 10.4 Å². The maximum atomic E-state index is 11.6. The van der Waals surface area contributed by atoms with Gasteiger partial charge in [-0.1, -0.05) is 0 Å². The van der Waals surface area contributed by atoms with Crippen LogP contribution in [-0.2, 0) is 4.74 Å². The van der Waals surface area contributed by atoms with Crippen LogP contribution >= 0.6 is 0 Å². The minimum atomic E-state index is -0.692. The number of nitrogen functional groups attached to an aromatic ring is 1. The summed E-state index contributed by atoms with van der Waals surface area (Å²) in [5, 5.41) is 11.9. The van der Waals surface area contributed by atoms with Crippen molar-refractivity contribution >= 4 is 11.6 Å². The molecule has 1 aromatic carbocycles. The fraction of sp³-hybridized carbons (Fsp3) is 0.364. The summed E-state index contributed by atoms with van der Waals surface area (Å²) in [5.74, 6) is -0.241. The Morgan fingerprint density at radius 2 is 2.12 bits per heavy atom. The first-order valence-electron chi connectivity index (χ1n) is 4.94. The molecule has 0 bridgehead atoms. The zero-order chi connectivity index (χ0) is 12.0. The van der Waals surface area contributed by atoms with Crippen LogP contribution in [0.25, 0.3) is 0 Å². The number of carbonyl (C=O) groups excluding carboxylic acids is 1. The van der Waals surface area contributed by atoms with E-state index in [1.54, 1.807) is 24.3 Å². The first kappa shape index (κ1) is 12.5. The van der Waals surface area contributed by atoms with Gasteiger partial charge in [0, 0.05) is 24.9 Å². The van der Waals surface area contributed by atoms with Gasteiger partial charge in [-0.15, -0.1) is 0 Å². The van der Waals surface area contributed by atoms with Gasteiger partial charge in [0.15, 0.2) is 0 Å². The summed E-state index contributed by atoms with van der Waals surface area (Å²) in [5.41, 5.74) is 6.62. The fourth-order valence-electron chi connectivity index (χ4n) is 1.20. The Labute approximate surface area is 94.2 Å². The maximum absolute atomic E-state index is 11.6. The molecule has 5 nitrogen and oxygen atoms in total. The molecule has 0 aromatic heterocycles. The van der Waals surface area contributed by atoms with Gasteiger partial charge in [-0.05, 0) is 24.3 Å². The molecule has 0 aliphatic heterocycles. The highest BCUT2D eigenvalue weighted by molar-refractivity contribution is 5.94. The van der Waals surface area contributed by atoms with E-state index in [1.165, 1.54) is 7.11 Å². The van der Waals surface area contributed by atoms with Gasteiger partial charge in [0.05, 0.1) is 12.7 Å². The molecular weight excluding hydrogens is 208 g/mol. The first-order valence-corrected chi connectivity index (χ1v) is 4.94. The van der Waals surface area contributed by atoms with Crippen molar-refractivity contribution in [2.45, 2.75) is 6.10 Å². The van der Waals surface area contributed by atoms with Gasteiger partial charge in [0.25, 0.3) is 5.91 Å². The van der Waals surface area contributed by atoms with Crippen molar-refractivity contribution in [3.8, 4) is 0 Å². The highest BCUT2D eigenvalue weighted by Crippen LogP contribution is 2.04. The van der Waals surface area contributed by atoms with Crippen LogP contribution in [0.4, 0.5) is 5.69 Å². The van der Waals surface area contributed by atoms with E-state index < -0.39 is 6.10 Å². The normalized spacial score (nSPS) is 12.1. The first-order chi connectivity index (χ1) is 7.63. The Kier molecular flexibility index (Phi) is 4.75. The average molecular weight is 224 g/mol. The number of amides is 1. The number of nitrogens with one attached hydrogen (secondary N) is 1. The molecule has 0 spiro atoms. The molecule has 0 saturated heterocycles. The van der Waals surface area contributed by atoms with E-state index in [2.05, 4.69) is 5.32 Å². The smallest absolute Gasteiger partial charge is 0.251 e. The SMILES string of the molecule is COCC(O)CNC(=O)c1ccc(N)cc1. The molecule has 1 atom stereocenters. The van der Waals surface area contributed by atoms with Crippen LogP contribution < -0.4 is 11.1 Å². The number of ether oxygens (including phenoxy) is 1. The number of carbonyl (C=O) groups is 1. The minimum absolute atomic E-state index is 0.164. The number of anilines is 1. The standard InChI is InChI=1S/C11H16N2O3/c1-16-7-10(14)6-13-11(15)8-2-4-9(12)5-3-8/h2-5,10,14H,6-7,12H2,1H3,(H,13,15). The molecule has 0 saturated carbocycles. The van der Waals surface area contributed by atoms with Crippen LogP contribution in [0.5, 0.6) is 0 Å². The van der Waals surface area contributed by atoms with Gasteiger partial charge in [-0.2, -0.15) is 0 Å². The summed E-state index contributed by atoms with van der Waals surface area (Å²) < 4.78 is 4.74. The molecule has 16 heavy (non-hydrogen) atoms. The van der Waals surface area contributed by atoms with E-state index in [4.69, 9.17) is 10.5 Å². The molecule has 0 aliphatic carbocycles. The zero-order valence-electron chi connectivity index (χ0n) is 9.14. The fourth-order valence-corrected chi connectivity index (χ4v) is 1.20. The van der Waals surface area contributed by atoms with E-state index in [-0.39, 0.29) is 19.1 Å². The third-order valence-electron chi connectivity index (χ3n) is 2.03. The van der Waals surface area contributed by atoms with Crippen LogP contribution in [0.2, 0.25) is 0 Å². The third-order valence-corrected chi connectivity index (χ3v) is 2.03. The van der Waals surface area contributed by atoms with Crippen molar-refractivity contribution in [1.29, 1.82) is 0 Å². The van der Waals surface area contributed by atoms with Gasteiger partial charge in [0.2, 0.25) is 0 Å². The van der Waals surface area contributed by atoms with Crippen LogP contribution in [-0.4, -0.2) is 37.4 Å². The molecule has 0 fully saturated rings. The number of hydrogen-bond acceptors (Lipinski definition) is 4. The lowest BCUT2D eigenvalue weighted by Gasteiger charge is -2.10. The van der Waals surface area contributed by atoms with Crippen LogP contribution in [0.15, 0.2) is 24.3 Å². The number of hydrogen-bond donors (Lipinski definition) is 3. The molecule has 1 rings (SSSR count). The number of methoxy groups -OCH3 is 1. The molecular formula is C11H16N2O3. The predicted molar refractivity (Wildman–Crippen MR) is 61.1 cm³/mol. The summed E-state index contributed by atoms with van der Waals surface area (Å²) in [7, 11) is 1.49. The second-order valence-corrected chi connectivity index (χ2v) is 3.44. The van der Waals surface area contributed by atoms with E-state index in [0.717, 1.165) is 0 Å². The minimum Gasteiger partial charge on any atom is -0.399 e. The molecule has 0 heterocycles. The number of benzene rings is 1. The number of aliphatic hydroxyl groups excluding tert-OH is 1. The Morgan fingerprint density at radius 3 is 2.69 bits per heavy atom. The quantitative estimate of drug-likeness (QED) is 0.615. The van der Waals surface area contributed by atoms with Crippen molar-refractivity contribution in [2.24, 2.45) is 0 Å². The molecule has 0 aliphatic rings. The Morgan fingerprint density at radius 1 is 1.50 bits per heavy atom. The van der Waals surface area contributed by atoms with Gasteiger partial charge in [0.1, 0.15) is 0 Å². The lowest BCUT2D eigenvalue weighted by atomic mass is 10.2. The second-order valence-electron chi connectivity index (χ2n) is 3.44. The van der Waals surface area contributed by atoms with Gasteiger partial charge >= 0.3 is 0 Å². The Bertz CT molecular complexity index is 338.